The fourth-order valence-corrected chi connectivity index (χ4v) is 3.34. The smallest absolute Gasteiger partial charge is 0.135 e. The topological polar surface area (TPSA) is 34.1 Å². The molecule has 2 nitrogen and oxygen atoms in total. The summed E-state index contributed by atoms with van der Waals surface area (Å²) in [5.74, 6) is 0.530. The van der Waals surface area contributed by atoms with Crippen LogP contribution in [0.5, 0.6) is 0 Å². The van der Waals surface area contributed by atoms with E-state index < -0.39 is 8.07 Å². The summed E-state index contributed by atoms with van der Waals surface area (Å²) >= 11 is 0. The second-order valence-corrected chi connectivity index (χ2v) is 12.7. The van der Waals surface area contributed by atoms with Crippen LogP contribution in [0.4, 0.5) is 0 Å². The molecule has 0 aliphatic carbocycles. The normalized spacial score (nSPS) is 14.7. The van der Waals surface area contributed by atoms with E-state index in [9.17, 15) is 9.59 Å². The number of rotatable bonds is 6. The van der Waals surface area contributed by atoms with Crippen molar-refractivity contribution in [2.75, 3.05) is 0 Å². The maximum atomic E-state index is 12.4. The summed E-state index contributed by atoms with van der Waals surface area (Å²) in [6, 6.07) is 0. The van der Waals surface area contributed by atoms with Crippen molar-refractivity contribution < 1.29 is 9.59 Å². The molecule has 0 amide bonds. The molecule has 0 heterocycles. The predicted octanol–water partition coefficient (Wildman–Crippen LogP) is 4.24. The Hall–Kier alpha value is -0.443. The Bertz CT molecular complexity index is 311. The van der Waals surface area contributed by atoms with Gasteiger partial charge in [0.1, 0.15) is 19.3 Å². The highest BCUT2D eigenvalue weighted by Gasteiger charge is 2.42. The van der Waals surface area contributed by atoms with Crippen LogP contribution < -0.4 is 0 Å². The van der Waals surface area contributed by atoms with E-state index in [0.29, 0.717) is 18.2 Å². The summed E-state index contributed by atoms with van der Waals surface area (Å²) in [5, 5.41) is 0.491. The van der Waals surface area contributed by atoms with Crippen LogP contribution in [0.15, 0.2) is 0 Å². The standard InChI is InChI=1S/C15H30O2Si/c1-11(2)13(16)9-12(3)10-14(17)18(7,8)15(4,5)6/h11-12H,9-10H2,1-8H3. The molecule has 0 fully saturated rings. The van der Waals surface area contributed by atoms with Gasteiger partial charge >= 0.3 is 0 Å². The summed E-state index contributed by atoms with van der Waals surface area (Å²) in [4.78, 5) is 24.1. The fourth-order valence-electron chi connectivity index (χ4n) is 1.64. The lowest BCUT2D eigenvalue weighted by atomic mass is 9.96. The summed E-state index contributed by atoms with van der Waals surface area (Å²) in [7, 11) is -1.90. The summed E-state index contributed by atoms with van der Waals surface area (Å²) in [5.41, 5.74) is 0. The van der Waals surface area contributed by atoms with E-state index in [4.69, 9.17) is 0 Å². The Balaban J connectivity index is 4.54. The van der Waals surface area contributed by atoms with Crippen LogP contribution in [-0.4, -0.2) is 19.3 Å². The predicted molar refractivity (Wildman–Crippen MR) is 80.4 cm³/mol. The van der Waals surface area contributed by atoms with Gasteiger partial charge in [-0.2, -0.15) is 0 Å². The first-order valence-corrected chi connectivity index (χ1v) is 9.95. The lowest BCUT2D eigenvalue weighted by Gasteiger charge is -2.35. The van der Waals surface area contributed by atoms with E-state index in [1.165, 1.54) is 0 Å². The largest absolute Gasteiger partial charge is 0.305 e. The van der Waals surface area contributed by atoms with E-state index in [-0.39, 0.29) is 22.7 Å². The van der Waals surface area contributed by atoms with Crippen LogP contribution in [0.3, 0.4) is 0 Å². The van der Waals surface area contributed by atoms with Crippen molar-refractivity contribution in [1.82, 2.24) is 0 Å². The Labute approximate surface area is 114 Å². The van der Waals surface area contributed by atoms with E-state index in [1.54, 1.807) is 0 Å². The minimum atomic E-state index is -1.90. The molecule has 1 atom stereocenters. The molecule has 0 rings (SSSR count). The van der Waals surface area contributed by atoms with Gasteiger partial charge in [-0.15, -0.1) is 0 Å². The molecule has 0 bridgehead atoms. The van der Waals surface area contributed by atoms with Gasteiger partial charge in [0, 0.05) is 18.8 Å². The number of hydrogen-bond donors (Lipinski definition) is 0. The second-order valence-electron chi connectivity index (χ2n) is 7.43. The first kappa shape index (κ1) is 17.6. The van der Waals surface area contributed by atoms with Gasteiger partial charge in [0.15, 0.2) is 0 Å². The van der Waals surface area contributed by atoms with E-state index in [2.05, 4.69) is 33.9 Å². The summed E-state index contributed by atoms with van der Waals surface area (Å²) in [6.45, 7) is 16.6. The van der Waals surface area contributed by atoms with Gasteiger partial charge in [0.2, 0.25) is 0 Å². The molecule has 0 spiro atoms. The minimum Gasteiger partial charge on any atom is -0.305 e. The molecule has 0 aromatic rings. The van der Waals surface area contributed by atoms with Crippen LogP contribution in [0.1, 0.15) is 54.4 Å². The third-order valence-electron chi connectivity index (χ3n) is 4.30. The lowest BCUT2D eigenvalue weighted by Crippen LogP contribution is -2.46. The highest BCUT2D eigenvalue weighted by molar-refractivity contribution is 7.06. The number of carbonyl (C=O) groups excluding carboxylic acids is 2. The monoisotopic (exact) mass is 270 g/mol. The molecule has 0 aliphatic rings. The molecule has 1 unspecified atom stereocenters. The summed E-state index contributed by atoms with van der Waals surface area (Å²) in [6.07, 6.45) is 1.10. The van der Waals surface area contributed by atoms with Crippen LogP contribution >= 0.6 is 0 Å². The highest BCUT2D eigenvalue weighted by atomic mass is 28.3. The van der Waals surface area contributed by atoms with Crippen molar-refractivity contribution in [2.24, 2.45) is 11.8 Å². The Morgan fingerprint density at radius 1 is 1.00 bits per heavy atom. The number of carbonyl (C=O) groups is 2. The molecule has 18 heavy (non-hydrogen) atoms. The van der Waals surface area contributed by atoms with E-state index >= 15 is 0 Å². The third kappa shape index (κ3) is 4.67. The first-order chi connectivity index (χ1) is 7.89. The molecule has 106 valence electrons. The average Bonchev–Trinajstić information content (AvgIpc) is 2.14. The molecule has 3 heteroatoms. The van der Waals surface area contributed by atoms with Gasteiger partial charge in [-0.3, -0.25) is 4.79 Å². The maximum Gasteiger partial charge on any atom is 0.135 e. The van der Waals surface area contributed by atoms with E-state index in [0.717, 1.165) is 0 Å². The van der Waals surface area contributed by atoms with Gasteiger partial charge in [-0.25, -0.2) is 0 Å². The van der Waals surface area contributed by atoms with Crippen LogP contribution in [0.25, 0.3) is 0 Å². The molecular weight excluding hydrogens is 240 g/mol. The average molecular weight is 270 g/mol. The van der Waals surface area contributed by atoms with Gasteiger partial charge < -0.3 is 4.79 Å². The zero-order valence-corrected chi connectivity index (χ0v) is 14.4. The summed E-state index contributed by atoms with van der Waals surface area (Å²) < 4.78 is 0. The van der Waals surface area contributed by atoms with Gasteiger partial charge in [0.05, 0.1) is 0 Å². The Kier molecular flexibility index (Phi) is 5.98. The third-order valence-corrected chi connectivity index (χ3v) is 9.65. The van der Waals surface area contributed by atoms with Crippen molar-refractivity contribution >= 4 is 19.3 Å². The Morgan fingerprint density at radius 3 is 1.78 bits per heavy atom. The van der Waals surface area contributed by atoms with Gasteiger partial charge in [-0.1, -0.05) is 54.6 Å². The van der Waals surface area contributed by atoms with Crippen LogP contribution in [0, 0.1) is 11.8 Å². The highest BCUT2D eigenvalue weighted by Crippen LogP contribution is 2.37. The molecule has 0 saturated heterocycles. The zero-order chi connectivity index (χ0) is 14.7. The lowest BCUT2D eigenvalue weighted by molar-refractivity contribution is -0.123. The zero-order valence-electron chi connectivity index (χ0n) is 13.4. The molecule has 0 aromatic heterocycles. The molecule has 0 N–H and O–H groups in total. The first-order valence-electron chi connectivity index (χ1n) is 6.95. The minimum absolute atomic E-state index is 0.0791. The molecule has 0 saturated carbocycles. The SMILES string of the molecule is CC(CC(=O)C(C)C)CC(=O)[Si](C)(C)C(C)(C)C. The second kappa shape index (κ2) is 6.13. The number of ketones is 1. The molecule has 0 aromatic carbocycles. The quantitative estimate of drug-likeness (QED) is 0.676. The maximum absolute atomic E-state index is 12.4. The van der Waals surface area contributed by atoms with Crippen molar-refractivity contribution in [3.05, 3.63) is 0 Å². The molecule has 0 radical (unpaired) electrons. The number of hydrogen-bond acceptors (Lipinski definition) is 2. The van der Waals surface area contributed by atoms with Crippen molar-refractivity contribution in [1.29, 1.82) is 0 Å². The van der Waals surface area contributed by atoms with Gasteiger partial charge in [-0.05, 0) is 11.0 Å². The molecule has 0 aliphatic heterocycles. The van der Waals surface area contributed by atoms with Crippen LogP contribution in [-0.2, 0) is 9.59 Å². The number of Topliss-reactive ketones (excluding diaryl/α,β-unsaturated/α-hetero) is 1. The Morgan fingerprint density at radius 2 is 1.44 bits per heavy atom. The van der Waals surface area contributed by atoms with Crippen molar-refractivity contribution in [2.45, 2.75) is 72.5 Å². The van der Waals surface area contributed by atoms with Crippen molar-refractivity contribution in [3.8, 4) is 0 Å². The van der Waals surface area contributed by atoms with Crippen molar-refractivity contribution in [3.63, 3.8) is 0 Å². The van der Waals surface area contributed by atoms with Crippen LogP contribution in [0.2, 0.25) is 18.1 Å². The van der Waals surface area contributed by atoms with Gasteiger partial charge in [0.25, 0.3) is 0 Å². The molecular formula is C15H30O2Si. The fraction of sp³-hybridized carbons (Fsp3) is 0.867. The van der Waals surface area contributed by atoms with E-state index in [1.807, 2.05) is 20.8 Å².